The van der Waals surface area contributed by atoms with Crippen LogP contribution in [0.3, 0.4) is 0 Å². The highest BCUT2D eigenvalue weighted by Crippen LogP contribution is 2.38. The van der Waals surface area contributed by atoms with Gasteiger partial charge in [0.25, 0.3) is 0 Å². The van der Waals surface area contributed by atoms with E-state index in [-0.39, 0.29) is 0 Å². The van der Waals surface area contributed by atoms with Gasteiger partial charge in [-0.3, -0.25) is 19.9 Å². The topological polar surface area (TPSA) is 51.6 Å². The molecule has 0 saturated heterocycles. The molecule has 0 fully saturated rings. The van der Waals surface area contributed by atoms with E-state index in [4.69, 9.17) is 0 Å². The van der Waals surface area contributed by atoms with E-state index in [2.05, 4.69) is 118 Å². The molecule has 0 aromatic carbocycles. The molecular formula is C56H92N4. The maximum Gasteiger partial charge on any atom is 0.0468 e. The maximum atomic E-state index is 4.52. The Bertz CT molecular complexity index is 1410. The van der Waals surface area contributed by atoms with Crippen molar-refractivity contribution in [3.63, 3.8) is 0 Å². The SMILES string of the molecule is CC.CC.CC.CC.CC(C)C1CCCc2cccnc21.CC(C)C1CCCc2ccncc21.CC(C)C1CCCc2cnccc21.CC(C)C1CCCc2ncccc21. The smallest absolute Gasteiger partial charge is 0.0468 e. The Balaban J connectivity index is 0.000000378. The predicted molar refractivity (Wildman–Crippen MR) is 264 cm³/mol. The lowest BCUT2D eigenvalue weighted by molar-refractivity contribution is 0.423. The number of fused-ring (bicyclic) bond motifs is 4. The third-order valence-electron chi connectivity index (χ3n) is 12.3. The van der Waals surface area contributed by atoms with Crippen LogP contribution in [0.2, 0.25) is 0 Å². The number of hydrogen-bond acceptors (Lipinski definition) is 4. The van der Waals surface area contributed by atoms with Crippen molar-refractivity contribution in [2.45, 2.75) is 212 Å². The zero-order chi connectivity index (χ0) is 45.0. The molecular weight excluding hydrogens is 729 g/mol. The van der Waals surface area contributed by atoms with Crippen LogP contribution >= 0.6 is 0 Å². The lowest BCUT2D eigenvalue weighted by Crippen LogP contribution is -2.16. The zero-order valence-corrected chi connectivity index (χ0v) is 41.8. The van der Waals surface area contributed by atoms with Crippen molar-refractivity contribution >= 4 is 0 Å². The fourth-order valence-electron chi connectivity index (χ4n) is 9.35. The van der Waals surface area contributed by atoms with Crippen molar-refractivity contribution < 1.29 is 0 Å². The zero-order valence-electron chi connectivity index (χ0n) is 41.8. The fraction of sp³-hybridized carbons (Fsp3) is 0.643. The number of aromatic nitrogens is 4. The molecule has 4 unspecified atom stereocenters. The van der Waals surface area contributed by atoms with Crippen molar-refractivity contribution in [3.8, 4) is 0 Å². The molecule has 4 aliphatic carbocycles. The molecule has 0 N–H and O–H groups in total. The van der Waals surface area contributed by atoms with E-state index in [1.54, 1.807) is 5.56 Å². The second-order valence-corrected chi connectivity index (χ2v) is 17.2. The second-order valence-electron chi connectivity index (χ2n) is 17.2. The van der Waals surface area contributed by atoms with Crippen molar-refractivity contribution in [1.29, 1.82) is 0 Å². The van der Waals surface area contributed by atoms with Gasteiger partial charge >= 0.3 is 0 Å². The Morgan fingerprint density at radius 1 is 0.400 bits per heavy atom. The van der Waals surface area contributed by atoms with E-state index in [0.29, 0.717) is 5.92 Å². The quantitative estimate of drug-likeness (QED) is 0.206. The van der Waals surface area contributed by atoms with Crippen LogP contribution in [0.5, 0.6) is 0 Å². The maximum absolute atomic E-state index is 4.52. The molecule has 4 aliphatic rings. The number of aryl methyl sites for hydroxylation is 4. The van der Waals surface area contributed by atoms with Crippen LogP contribution < -0.4 is 0 Å². The highest BCUT2D eigenvalue weighted by Gasteiger charge is 2.25. The van der Waals surface area contributed by atoms with Gasteiger partial charge in [0.05, 0.1) is 0 Å². The predicted octanol–water partition coefficient (Wildman–Crippen LogP) is 16.7. The van der Waals surface area contributed by atoms with Gasteiger partial charge in [0, 0.05) is 54.5 Å². The van der Waals surface area contributed by atoms with Gasteiger partial charge in [-0.2, -0.15) is 0 Å². The molecule has 60 heavy (non-hydrogen) atoms. The molecule has 0 spiro atoms. The van der Waals surface area contributed by atoms with Crippen molar-refractivity contribution in [1.82, 2.24) is 19.9 Å². The molecule has 4 atom stereocenters. The van der Waals surface area contributed by atoms with Crippen LogP contribution in [0.1, 0.15) is 231 Å². The molecule has 336 valence electrons. The minimum atomic E-state index is 0.699. The standard InChI is InChI=1S/4C12H17N.4C2H6/c1-9(2)10-5-3-7-12-11(10)6-4-8-13-12;1-9(2)11-7-3-5-10-6-4-8-13-12(10)11;1-9(2)11-5-3-4-10-8-13-7-6-12(10)11;1-9(2)11-5-3-4-10-6-7-13-8-12(10)11;4*1-2/h4,6,8-10H,3,5,7H2,1-2H3;4,6,8-9,11H,3,5,7H2,1-2H3;2*6-9,11H,3-5H2,1-2H3;4*1-2H3. The van der Waals surface area contributed by atoms with Gasteiger partial charge in [-0.05, 0) is 176 Å². The minimum Gasteiger partial charge on any atom is -0.264 e. The summed E-state index contributed by atoms with van der Waals surface area (Å²) in [5.41, 5.74) is 11.7. The fourth-order valence-corrected chi connectivity index (χ4v) is 9.35. The molecule has 4 nitrogen and oxygen atoms in total. The van der Waals surface area contributed by atoms with E-state index < -0.39 is 0 Å². The lowest BCUT2D eigenvalue weighted by Gasteiger charge is -2.27. The van der Waals surface area contributed by atoms with Crippen LogP contribution in [-0.4, -0.2) is 19.9 Å². The van der Waals surface area contributed by atoms with Gasteiger partial charge in [0.2, 0.25) is 0 Å². The summed E-state index contributed by atoms with van der Waals surface area (Å²) in [6, 6.07) is 13.0. The summed E-state index contributed by atoms with van der Waals surface area (Å²) in [4.78, 5) is 17.4. The van der Waals surface area contributed by atoms with Gasteiger partial charge in [0.15, 0.2) is 0 Å². The van der Waals surface area contributed by atoms with Gasteiger partial charge in [0.1, 0.15) is 0 Å². The van der Waals surface area contributed by atoms with E-state index >= 15 is 0 Å². The number of nitrogens with zero attached hydrogens (tertiary/aromatic N) is 4. The van der Waals surface area contributed by atoms with Crippen molar-refractivity contribution in [2.24, 2.45) is 23.7 Å². The molecule has 0 radical (unpaired) electrons. The summed E-state index contributed by atoms with van der Waals surface area (Å²) in [6.07, 6.45) is 27.4. The van der Waals surface area contributed by atoms with E-state index in [1.807, 2.05) is 86.4 Å². The van der Waals surface area contributed by atoms with Crippen LogP contribution in [0.15, 0.2) is 73.6 Å². The average Bonchev–Trinajstić information content (AvgIpc) is 3.31. The number of rotatable bonds is 4. The highest BCUT2D eigenvalue weighted by atomic mass is 14.7. The number of pyridine rings is 4. The molecule has 0 aliphatic heterocycles. The van der Waals surface area contributed by atoms with Gasteiger partial charge < -0.3 is 0 Å². The molecule has 4 aromatic rings. The van der Waals surface area contributed by atoms with E-state index in [1.165, 1.54) is 116 Å². The normalized spacial score (nSPS) is 19.1. The van der Waals surface area contributed by atoms with Gasteiger partial charge in [-0.1, -0.05) is 123 Å². The Morgan fingerprint density at radius 2 is 0.850 bits per heavy atom. The Hall–Kier alpha value is -3.40. The summed E-state index contributed by atoms with van der Waals surface area (Å²) in [7, 11) is 0. The summed E-state index contributed by atoms with van der Waals surface area (Å²) in [6.45, 7) is 34.5. The van der Waals surface area contributed by atoms with Crippen LogP contribution in [-0.2, 0) is 25.7 Å². The molecule has 4 aromatic heterocycles. The molecule has 4 heteroatoms. The molecule has 0 bridgehead atoms. The van der Waals surface area contributed by atoms with Crippen LogP contribution in [0, 0.1) is 23.7 Å². The first-order valence-electron chi connectivity index (χ1n) is 24.9. The largest absolute Gasteiger partial charge is 0.264 e. The van der Waals surface area contributed by atoms with Crippen molar-refractivity contribution in [2.75, 3.05) is 0 Å². The third kappa shape index (κ3) is 16.8. The average molecular weight is 821 g/mol. The summed E-state index contributed by atoms with van der Waals surface area (Å²) >= 11 is 0. The lowest BCUT2D eigenvalue weighted by atomic mass is 9.78. The first kappa shape index (κ1) is 54.6. The number of hydrogen-bond donors (Lipinski definition) is 0. The highest BCUT2D eigenvalue weighted by molar-refractivity contribution is 5.31. The Morgan fingerprint density at radius 3 is 1.45 bits per heavy atom. The van der Waals surface area contributed by atoms with Crippen molar-refractivity contribution in [3.05, 3.63) is 118 Å². The first-order chi connectivity index (χ1) is 29.2. The third-order valence-corrected chi connectivity index (χ3v) is 12.3. The van der Waals surface area contributed by atoms with Crippen LogP contribution in [0.4, 0.5) is 0 Å². The molecule has 8 rings (SSSR count). The van der Waals surface area contributed by atoms with E-state index in [9.17, 15) is 0 Å². The molecule has 0 amide bonds. The molecule has 4 heterocycles. The van der Waals surface area contributed by atoms with Crippen LogP contribution in [0.25, 0.3) is 0 Å². The van der Waals surface area contributed by atoms with Gasteiger partial charge in [-0.25, -0.2) is 0 Å². The Kier molecular flexibility index (Phi) is 28.6. The minimum absolute atomic E-state index is 0.699. The van der Waals surface area contributed by atoms with E-state index in [0.717, 1.165) is 41.4 Å². The second kappa shape index (κ2) is 31.4. The molecule has 0 saturated carbocycles. The summed E-state index contributed by atoms with van der Waals surface area (Å²) in [5.74, 6) is 5.97. The summed E-state index contributed by atoms with van der Waals surface area (Å²) in [5, 5.41) is 0. The Labute approximate surface area is 372 Å². The first-order valence-corrected chi connectivity index (χ1v) is 24.9. The monoisotopic (exact) mass is 821 g/mol. The summed E-state index contributed by atoms with van der Waals surface area (Å²) < 4.78 is 0. The van der Waals surface area contributed by atoms with Gasteiger partial charge in [-0.15, -0.1) is 0 Å².